The van der Waals surface area contributed by atoms with E-state index in [1.54, 1.807) is 0 Å². The van der Waals surface area contributed by atoms with E-state index in [0.29, 0.717) is 12.5 Å². The average Bonchev–Trinajstić information content (AvgIpc) is 2.88. The van der Waals surface area contributed by atoms with Gasteiger partial charge in [0.15, 0.2) is 0 Å². The first-order valence-electron chi connectivity index (χ1n) is 5.88. The summed E-state index contributed by atoms with van der Waals surface area (Å²) in [5.41, 5.74) is 0.159. The van der Waals surface area contributed by atoms with Gasteiger partial charge in [0, 0.05) is 18.7 Å². The van der Waals surface area contributed by atoms with Crippen molar-refractivity contribution >= 4 is 35.0 Å². The fourth-order valence-corrected chi connectivity index (χ4v) is 3.42. The molecular formula is C12H13ClN2O3S. The molecule has 0 spiro atoms. The normalized spacial score (nSPS) is 18.3. The number of thioether (sulfide) groups is 1. The summed E-state index contributed by atoms with van der Waals surface area (Å²) in [5, 5.41) is 13.5. The Morgan fingerprint density at radius 3 is 2.95 bits per heavy atom. The minimum Gasteiger partial charge on any atom is -0.352 e. The van der Waals surface area contributed by atoms with Gasteiger partial charge in [0.05, 0.1) is 15.5 Å². The number of nitrogens with zero attached hydrogens (tertiary/aromatic N) is 1. The van der Waals surface area contributed by atoms with Crippen molar-refractivity contribution < 1.29 is 9.72 Å². The second-order valence-corrected chi connectivity index (χ2v) is 5.92. The predicted molar refractivity (Wildman–Crippen MR) is 75.9 cm³/mol. The third-order valence-electron chi connectivity index (χ3n) is 2.98. The smallest absolute Gasteiger partial charge is 0.270 e. The Bertz CT molecular complexity index is 504. The molecule has 1 N–H and O–H groups in total. The lowest BCUT2D eigenvalue weighted by Gasteiger charge is -2.10. The first-order chi connectivity index (χ1) is 9.08. The number of nitro benzene ring substituents is 1. The molecule has 1 aromatic carbocycles. The summed E-state index contributed by atoms with van der Waals surface area (Å²) in [7, 11) is 0. The summed E-state index contributed by atoms with van der Waals surface area (Å²) < 4.78 is 0. The Morgan fingerprint density at radius 2 is 2.37 bits per heavy atom. The van der Waals surface area contributed by atoms with Gasteiger partial charge in [-0.2, -0.15) is 11.8 Å². The molecule has 0 saturated carbocycles. The molecule has 7 heteroatoms. The van der Waals surface area contributed by atoms with Crippen molar-refractivity contribution in [3.63, 3.8) is 0 Å². The van der Waals surface area contributed by atoms with E-state index in [9.17, 15) is 14.9 Å². The number of hydrogen-bond donors (Lipinski definition) is 1. The number of halogens is 1. The molecule has 1 fully saturated rings. The molecule has 1 amide bonds. The zero-order valence-electron chi connectivity index (χ0n) is 10.1. The molecule has 0 aliphatic carbocycles. The molecule has 1 saturated heterocycles. The largest absolute Gasteiger partial charge is 0.352 e. The minimum absolute atomic E-state index is 0.104. The molecule has 19 heavy (non-hydrogen) atoms. The van der Waals surface area contributed by atoms with Gasteiger partial charge in [-0.3, -0.25) is 14.9 Å². The van der Waals surface area contributed by atoms with Crippen LogP contribution in [-0.2, 0) is 0 Å². The van der Waals surface area contributed by atoms with Crippen molar-refractivity contribution in [1.82, 2.24) is 5.32 Å². The van der Waals surface area contributed by atoms with Gasteiger partial charge >= 0.3 is 0 Å². The predicted octanol–water partition coefficient (Wildman–Crippen LogP) is 2.73. The highest BCUT2D eigenvalue weighted by Gasteiger charge is 2.18. The van der Waals surface area contributed by atoms with Gasteiger partial charge in [-0.25, -0.2) is 0 Å². The molecule has 1 aliphatic rings. The Labute approximate surface area is 119 Å². The van der Waals surface area contributed by atoms with E-state index in [-0.39, 0.29) is 22.2 Å². The van der Waals surface area contributed by atoms with Gasteiger partial charge in [0.25, 0.3) is 11.6 Å². The summed E-state index contributed by atoms with van der Waals surface area (Å²) in [6, 6.07) is 3.87. The molecule has 5 nitrogen and oxygen atoms in total. The van der Waals surface area contributed by atoms with Crippen molar-refractivity contribution in [2.45, 2.75) is 6.42 Å². The van der Waals surface area contributed by atoms with E-state index in [1.165, 1.54) is 18.2 Å². The zero-order valence-corrected chi connectivity index (χ0v) is 11.7. The van der Waals surface area contributed by atoms with Crippen LogP contribution in [0.5, 0.6) is 0 Å². The summed E-state index contributed by atoms with van der Waals surface area (Å²) in [4.78, 5) is 22.0. The van der Waals surface area contributed by atoms with Gasteiger partial charge in [0.1, 0.15) is 0 Å². The highest BCUT2D eigenvalue weighted by molar-refractivity contribution is 7.99. The number of carbonyl (C=O) groups excluding carboxylic acids is 1. The molecule has 1 atom stereocenters. The maximum absolute atomic E-state index is 11.9. The second kappa shape index (κ2) is 6.25. The van der Waals surface area contributed by atoms with E-state index in [4.69, 9.17) is 11.6 Å². The SMILES string of the molecule is O=C(NCC1CCSC1)c1ccc([N+](=O)[O-])cc1Cl. The first-order valence-corrected chi connectivity index (χ1v) is 7.41. The summed E-state index contributed by atoms with van der Waals surface area (Å²) in [6.45, 7) is 0.624. The van der Waals surface area contributed by atoms with Crippen LogP contribution < -0.4 is 5.32 Å². The summed E-state index contributed by atoms with van der Waals surface area (Å²) >= 11 is 7.78. The maximum atomic E-state index is 11.9. The molecule has 0 radical (unpaired) electrons. The topological polar surface area (TPSA) is 72.2 Å². The van der Waals surface area contributed by atoms with E-state index in [2.05, 4.69) is 5.32 Å². The Balaban J connectivity index is 2.00. The number of rotatable bonds is 4. The Kier molecular flexibility index (Phi) is 4.66. The number of hydrogen-bond acceptors (Lipinski definition) is 4. The molecule has 1 heterocycles. The van der Waals surface area contributed by atoms with E-state index in [0.717, 1.165) is 17.9 Å². The highest BCUT2D eigenvalue weighted by Crippen LogP contribution is 2.24. The fraction of sp³-hybridized carbons (Fsp3) is 0.417. The van der Waals surface area contributed by atoms with Crippen LogP contribution in [0.1, 0.15) is 16.8 Å². The molecule has 2 rings (SSSR count). The van der Waals surface area contributed by atoms with Crippen molar-refractivity contribution in [3.8, 4) is 0 Å². The third kappa shape index (κ3) is 3.61. The quantitative estimate of drug-likeness (QED) is 0.685. The maximum Gasteiger partial charge on any atom is 0.270 e. The average molecular weight is 301 g/mol. The molecule has 0 bridgehead atoms. The standard InChI is InChI=1S/C12H13ClN2O3S/c13-11-5-9(15(17)18)1-2-10(11)12(16)14-6-8-3-4-19-7-8/h1-2,5,8H,3-4,6-7H2,(H,14,16). The van der Waals surface area contributed by atoms with Crippen molar-refractivity contribution in [3.05, 3.63) is 38.9 Å². The van der Waals surface area contributed by atoms with Crippen molar-refractivity contribution in [2.75, 3.05) is 18.1 Å². The lowest BCUT2D eigenvalue weighted by molar-refractivity contribution is -0.384. The van der Waals surface area contributed by atoms with E-state index < -0.39 is 4.92 Å². The van der Waals surface area contributed by atoms with Crippen molar-refractivity contribution in [1.29, 1.82) is 0 Å². The molecule has 0 aromatic heterocycles. The van der Waals surface area contributed by atoms with Crippen LogP contribution >= 0.6 is 23.4 Å². The van der Waals surface area contributed by atoms with E-state index in [1.807, 2.05) is 11.8 Å². The van der Waals surface area contributed by atoms with Gasteiger partial charge in [-0.1, -0.05) is 11.6 Å². The van der Waals surface area contributed by atoms with Crippen LogP contribution in [0.2, 0.25) is 5.02 Å². The molecular weight excluding hydrogens is 288 g/mol. The number of nitro groups is 1. The fourth-order valence-electron chi connectivity index (χ4n) is 1.88. The third-order valence-corrected chi connectivity index (χ3v) is 4.53. The second-order valence-electron chi connectivity index (χ2n) is 4.36. The molecule has 1 aromatic rings. The monoisotopic (exact) mass is 300 g/mol. The number of amides is 1. The van der Waals surface area contributed by atoms with Gasteiger partial charge in [-0.15, -0.1) is 0 Å². The molecule has 1 aliphatic heterocycles. The Hall–Kier alpha value is -1.27. The summed E-state index contributed by atoms with van der Waals surface area (Å²) in [6.07, 6.45) is 1.11. The van der Waals surface area contributed by atoms with Crippen LogP contribution in [0, 0.1) is 16.0 Å². The van der Waals surface area contributed by atoms with Crippen LogP contribution in [-0.4, -0.2) is 28.9 Å². The number of benzene rings is 1. The summed E-state index contributed by atoms with van der Waals surface area (Å²) in [5.74, 6) is 2.43. The van der Waals surface area contributed by atoms with Gasteiger partial charge in [0.2, 0.25) is 0 Å². The zero-order chi connectivity index (χ0) is 13.8. The number of carbonyl (C=O) groups is 1. The lowest BCUT2D eigenvalue weighted by Crippen LogP contribution is -2.29. The highest BCUT2D eigenvalue weighted by atomic mass is 35.5. The number of nitrogens with one attached hydrogen (secondary N) is 1. The van der Waals surface area contributed by atoms with Gasteiger partial charge in [-0.05, 0) is 29.9 Å². The van der Waals surface area contributed by atoms with Crippen LogP contribution in [0.4, 0.5) is 5.69 Å². The van der Waals surface area contributed by atoms with E-state index >= 15 is 0 Å². The molecule has 1 unspecified atom stereocenters. The Morgan fingerprint density at radius 1 is 1.58 bits per heavy atom. The molecule has 102 valence electrons. The minimum atomic E-state index is -0.538. The van der Waals surface area contributed by atoms with Crippen LogP contribution in [0.15, 0.2) is 18.2 Å². The lowest BCUT2D eigenvalue weighted by atomic mass is 10.1. The van der Waals surface area contributed by atoms with Gasteiger partial charge < -0.3 is 5.32 Å². The first kappa shape index (κ1) is 14.1. The van der Waals surface area contributed by atoms with Crippen LogP contribution in [0.25, 0.3) is 0 Å². The number of non-ortho nitro benzene ring substituents is 1. The van der Waals surface area contributed by atoms with Crippen LogP contribution in [0.3, 0.4) is 0 Å². The van der Waals surface area contributed by atoms with Crippen molar-refractivity contribution in [2.24, 2.45) is 5.92 Å².